The summed E-state index contributed by atoms with van der Waals surface area (Å²) in [5.74, 6) is 2.15. The Morgan fingerprint density at radius 3 is 2.64 bits per heavy atom. The van der Waals surface area contributed by atoms with Crippen LogP contribution in [0.1, 0.15) is 25.7 Å². The average Bonchev–Trinajstić information content (AvgIpc) is 3.23. The van der Waals surface area contributed by atoms with Gasteiger partial charge in [-0.1, -0.05) is 0 Å². The molecule has 0 N–H and O–H groups in total. The monoisotopic (exact) mass is 469 g/mol. The summed E-state index contributed by atoms with van der Waals surface area (Å²) in [6.45, 7) is 4.42. The Balaban J connectivity index is 1.44. The zero-order valence-corrected chi connectivity index (χ0v) is 20.1. The molecule has 176 valence electrons. The minimum Gasteiger partial charge on any atom is -0.493 e. The Morgan fingerprint density at radius 1 is 1.06 bits per heavy atom. The van der Waals surface area contributed by atoms with Gasteiger partial charge in [-0.05, 0) is 50.7 Å². The van der Waals surface area contributed by atoms with Gasteiger partial charge >= 0.3 is 0 Å². The number of aryl methyl sites for hydroxylation is 1. The van der Waals surface area contributed by atoms with Crippen molar-refractivity contribution < 1.29 is 14.2 Å². The highest BCUT2D eigenvalue weighted by atomic mass is 32.2. The number of hydrogen-bond donors (Lipinski definition) is 0. The highest BCUT2D eigenvalue weighted by molar-refractivity contribution is 7.99. The zero-order valence-electron chi connectivity index (χ0n) is 19.3. The lowest BCUT2D eigenvalue weighted by atomic mass is 9.98. The number of imidazole rings is 1. The molecule has 33 heavy (non-hydrogen) atoms. The van der Waals surface area contributed by atoms with Crippen LogP contribution in [-0.4, -0.2) is 70.5 Å². The quantitative estimate of drug-likeness (QED) is 0.484. The molecule has 0 saturated carbocycles. The number of benzene rings is 1. The number of ether oxygens (including phenoxy) is 3. The maximum atomic E-state index is 6.52. The van der Waals surface area contributed by atoms with Gasteiger partial charge in [0.05, 0.1) is 30.7 Å². The third-order valence-corrected chi connectivity index (χ3v) is 7.47. The van der Waals surface area contributed by atoms with Crippen molar-refractivity contribution >= 4 is 22.7 Å². The van der Waals surface area contributed by atoms with E-state index in [9.17, 15) is 0 Å². The van der Waals surface area contributed by atoms with E-state index in [0.717, 1.165) is 78.3 Å². The van der Waals surface area contributed by atoms with Crippen LogP contribution in [0.15, 0.2) is 41.0 Å². The summed E-state index contributed by atoms with van der Waals surface area (Å²) in [5, 5.41) is 2.61. The third-order valence-electron chi connectivity index (χ3n) is 6.39. The van der Waals surface area contributed by atoms with E-state index in [4.69, 9.17) is 14.2 Å². The van der Waals surface area contributed by atoms with E-state index < -0.39 is 0 Å². The molecule has 0 amide bonds. The smallest absolute Gasteiger partial charge is 0.174 e. The van der Waals surface area contributed by atoms with Crippen molar-refractivity contribution in [3.05, 3.63) is 30.9 Å². The molecule has 2 aliphatic rings. The first kappa shape index (κ1) is 22.4. The molecule has 2 fully saturated rings. The molecule has 4 heterocycles. The number of hydrogen-bond acceptors (Lipinski definition) is 8. The van der Waals surface area contributed by atoms with Crippen molar-refractivity contribution in [1.29, 1.82) is 0 Å². The molecule has 0 bridgehead atoms. The second-order valence-corrected chi connectivity index (χ2v) is 9.86. The lowest BCUT2D eigenvalue weighted by Gasteiger charge is -2.29. The number of aromatic nitrogens is 4. The Labute approximate surface area is 198 Å². The molecule has 8 nitrogen and oxygen atoms in total. The van der Waals surface area contributed by atoms with E-state index in [1.807, 2.05) is 29.9 Å². The fraction of sp³-hybridized carbons (Fsp3) is 0.542. The maximum Gasteiger partial charge on any atom is 0.174 e. The summed E-state index contributed by atoms with van der Waals surface area (Å²) >= 11 is 1.52. The minimum absolute atomic E-state index is 0.109. The summed E-state index contributed by atoms with van der Waals surface area (Å²) in [6, 6.07) is 4.02. The molecule has 5 rings (SSSR count). The van der Waals surface area contributed by atoms with Gasteiger partial charge in [-0.3, -0.25) is 0 Å². The Kier molecular flexibility index (Phi) is 6.99. The molecule has 9 heteroatoms. The zero-order chi connectivity index (χ0) is 22.6. The van der Waals surface area contributed by atoms with E-state index in [2.05, 4.69) is 26.9 Å². The van der Waals surface area contributed by atoms with Gasteiger partial charge in [-0.2, -0.15) is 0 Å². The lowest BCUT2D eigenvalue weighted by Crippen LogP contribution is -2.32. The number of rotatable bonds is 7. The molecule has 1 aromatic carbocycles. The maximum absolute atomic E-state index is 6.52. The topological polar surface area (TPSA) is 74.5 Å². The van der Waals surface area contributed by atoms with Gasteiger partial charge < -0.3 is 23.7 Å². The molecule has 0 spiro atoms. The van der Waals surface area contributed by atoms with E-state index in [-0.39, 0.29) is 6.10 Å². The van der Waals surface area contributed by atoms with Crippen LogP contribution in [0.2, 0.25) is 0 Å². The van der Waals surface area contributed by atoms with Crippen LogP contribution in [0.25, 0.3) is 10.9 Å². The van der Waals surface area contributed by atoms with Crippen molar-refractivity contribution in [2.45, 2.75) is 42.0 Å². The lowest BCUT2D eigenvalue weighted by molar-refractivity contribution is 0.0260. The van der Waals surface area contributed by atoms with Gasteiger partial charge in [0.2, 0.25) is 0 Å². The van der Waals surface area contributed by atoms with Crippen molar-refractivity contribution in [3.63, 3.8) is 0 Å². The highest BCUT2D eigenvalue weighted by Gasteiger charge is 2.22. The van der Waals surface area contributed by atoms with Crippen molar-refractivity contribution in [2.24, 2.45) is 13.0 Å². The molecule has 2 aliphatic heterocycles. The van der Waals surface area contributed by atoms with Gasteiger partial charge in [0.15, 0.2) is 5.16 Å². The summed E-state index contributed by atoms with van der Waals surface area (Å²) in [6.07, 6.45) is 9.52. The summed E-state index contributed by atoms with van der Waals surface area (Å²) in [5.41, 5.74) is 0.824. The Hall–Kier alpha value is -2.36. The van der Waals surface area contributed by atoms with Gasteiger partial charge in [0.25, 0.3) is 0 Å². The fourth-order valence-corrected chi connectivity index (χ4v) is 5.21. The van der Waals surface area contributed by atoms with Gasteiger partial charge in [0.1, 0.15) is 29.0 Å². The number of fused-ring (bicyclic) bond motifs is 1. The third kappa shape index (κ3) is 5.42. The molecule has 0 radical (unpaired) electrons. The number of piperidine rings is 1. The van der Waals surface area contributed by atoms with Gasteiger partial charge in [-0.15, -0.1) is 0 Å². The molecule has 3 aromatic rings. The number of likely N-dealkylation sites (tertiary alicyclic amines) is 1. The van der Waals surface area contributed by atoms with E-state index in [1.54, 1.807) is 12.5 Å². The summed E-state index contributed by atoms with van der Waals surface area (Å²) < 4.78 is 20.3. The molecule has 0 unspecified atom stereocenters. The van der Waals surface area contributed by atoms with Crippen LogP contribution in [0, 0.1) is 5.92 Å². The predicted molar refractivity (Wildman–Crippen MR) is 127 cm³/mol. The van der Waals surface area contributed by atoms with Crippen LogP contribution in [0.3, 0.4) is 0 Å². The molecular formula is C24H31N5O3S. The van der Waals surface area contributed by atoms with E-state index >= 15 is 0 Å². The molecule has 0 atom stereocenters. The number of nitrogens with zero attached hydrogens (tertiary/aromatic N) is 5. The van der Waals surface area contributed by atoms with Crippen LogP contribution in [0.4, 0.5) is 0 Å². The first-order valence-electron chi connectivity index (χ1n) is 11.7. The second-order valence-electron chi connectivity index (χ2n) is 8.90. The predicted octanol–water partition coefficient (Wildman–Crippen LogP) is 3.79. The Bertz CT molecular complexity index is 1080. The first-order valence-corrected chi connectivity index (χ1v) is 12.5. The van der Waals surface area contributed by atoms with Crippen LogP contribution in [-0.2, 0) is 11.8 Å². The summed E-state index contributed by atoms with van der Waals surface area (Å²) in [4.78, 5) is 16.0. The average molecular weight is 470 g/mol. The Morgan fingerprint density at radius 2 is 1.88 bits per heavy atom. The normalized spacial score (nSPS) is 18.6. The van der Waals surface area contributed by atoms with Crippen molar-refractivity contribution in [2.75, 3.05) is 40.0 Å². The molecule has 2 aromatic heterocycles. The van der Waals surface area contributed by atoms with Gasteiger partial charge in [0, 0.05) is 44.4 Å². The first-order chi connectivity index (χ1) is 16.2. The van der Waals surface area contributed by atoms with Crippen LogP contribution >= 0.6 is 11.8 Å². The van der Waals surface area contributed by atoms with E-state index in [1.165, 1.54) is 24.6 Å². The largest absolute Gasteiger partial charge is 0.493 e. The molecular weight excluding hydrogens is 438 g/mol. The van der Waals surface area contributed by atoms with Gasteiger partial charge in [-0.25, -0.2) is 15.0 Å². The summed E-state index contributed by atoms with van der Waals surface area (Å²) in [7, 11) is 4.16. The van der Waals surface area contributed by atoms with Crippen molar-refractivity contribution in [3.8, 4) is 11.5 Å². The van der Waals surface area contributed by atoms with Crippen molar-refractivity contribution in [1.82, 2.24) is 24.4 Å². The molecule has 0 aliphatic carbocycles. The highest BCUT2D eigenvalue weighted by Crippen LogP contribution is 2.39. The second kappa shape index (κ2) is 10.3. The molecule has 2 saturated heterocycles. The van der Waals surface area contributed by atoms with Crippen LogP contribution in [0.5, 0.6) is 11.5 Å². The fourth-order valence-electron chi connectivity index (χ4n) is 4.31. The minimum atomic E-state index is 0.109. The van der Waals surface area contributed by atoms with E-state index in [0.29, 0.717) is 5.92 Å². The standard InChI is InChI=1S/C24H31N5O3S/c1-28-8-3-17(4-9-28)15-31-19-13-20-22(21(14-19)32-18-5-11-30-12-6-18)23(27-16-26-20)33-24-25-7-10-29(24)2/h7,10,13-14,16-18H,3-6,8-9,11-12,15H2,1-2H3. The van der Waals surface area contributed by atoms with Crippen LogP contribution < -0.4 is 9.47 Å². The SMILES string of the molecule is CN1CCC(COc2cc(OC3CCOCC3)c3c(Sc4nccn4C)ncnc3c2)CC1.